The summed E-state index contributed by atoms with van der Waals surface area (Å²) >= 11 is 3.25. The third kappa shape index (κ3) is 6.06. The van der Waals surface area contributed by atoms with E-state index in [0.717, 1.165) is 11.6 Å². The largest absolute Gasteiger partial charge is 0.444 e. The predicted molar refractivity (Wildman–Crippen MR) is 106 cm³/mol. The maximum absolute atomic E-state index is 13.5. The Morgan fingerprint density at radius 3 is 2.52 bits per heavy atom. The number of carbonyl (C=O) groups is 2. The molecule has 7 heteroatoms. The standard InChI is InChI=1S/C20H22BrFN2O3/c1-20(2,3)27-19(26)24(4)12-13-7-5-6-8-17(13)23-18(25)15-11-14(22)9-10-16(15)21/h5-11H,12H2,1-4H3,(H,23,25). The fourth-order valence-electron chi connectivity index (χ4n) is 2.30. The van der Waals surface area contributed by atoms with Crippen LogP contribution in [-0.2, 0) is 11.3 Å². The van der Waals surface area contributed by atoms with E-state index in [1.165, 1.54) is 17.0 Å². The summed E-state index contributed by atoms with van der Waals surface area (Å²) in [6, 6.07) is 11.0. The zero-order valence-electron chi connectivity index (χ0n) is 15.7. The molecule has 0 aliphatic carbocycles. The predicted octanol–water partition coefficient (Wildman–Crippen LogP) is 5.21. The van der Waals surface area contributed by atoms with Crippen molar-refractivity contribution in [2.75, 3.05) is 12.4 Å². The Bertz CT molecular complexity index is 849. The fourth-order valence-corrected chi connectivity index (χ4v) is 2.73. The van der Waals surface area contributed by atoms with Gasteiger partial charge in [0.05, 0.1) is 12.1 Å². The monoisotopic (exact) mass is 436 g/mol. The van der Waals surface area contributed by atoms with Gasteiger partial charge in [0, 0.05) is 17.2 Å². The molecular weight excluding hydrogens is 415 g/mol. The highest BCUT2D eigenvalue weighted by Gasteiger charge is 2.21. The Balaban J connectivity index is 2.17. The smallest absolute Gasteiger partial charge is 0.410 e. The Kier molecular flexibility index (Phi) is 6.59. The molecule has 0 saturated heterocycles. The lowest BCUT2D eigenvalue weighted by Gasteiger charge is -2.25. The minimum Gasteiger partial charge on any atom is -0.444 e. The van der Waals surface area contributed by atoms with Crippen molar-refractivity contribution < 1.29 is 18.7 Å². The third-order valence-electron chi connectivity index (χ3n) is 3.55. The van der Waals surface area contributed by atoms with Crippen LogP contribution >= 0.6 is 15.9 Å². The second kappa shape index (κ2) is 8.52. The lowest BCUT2D eigenvalue weighted by Crippen LogP contribution is -2.34. The number of hydrogen-bond donors (Lipinski definition) is 1. The fraction of sp³-hybridized carbons (Fsp3) is 0.300. The second-order valence-electron chi connectivity index (χ2n) is 7.07. The van der Waals surface area contributed by atoms with Gasteiger partial charge in [-0.05, 0) is 66.5 Å². The summed E-state index contributed by atoms with van der Waals surface area (Å²) in [5, 5.41) is 2.77. The quantitative estimate of drug-likeness (QED) is 0.715. The zero-order valence-corrected chi connectivity index (χ0v) is 17.3. The summed E-state index contributed by atoms with van der Waals surface area (Å²) in [7, 11) is 1.62. The molecular formula is C20H22BrFN2O3. The van der Waals surface area contributed by atoms with Crippen molar-refractivity contribution in [2.24, 2.45) is 0 Å². The lowest BCUT2D eigenvalue weighted by atomic mass is 10.1. The first-order chi connectivity index (χ1) is 12.6. The number of amides is 2. The highest BCUT2D eigenvalue weighted by molar-refractivity contribution is 9.10. The van der Waals surface area contributed by atoms with Gasteiger partial charge in [0.1, 0.15) is 11.4 Å². The maximum Gasteiger partial charge on any atom is 0.410 e. The lowest BCUT2D eigenvalue weighted by molar-refractivity contribution is 0.0285. The van der Waals surface area contributed by atoms with Crippen molar-refractivity contribution in [1.29, 1.82) is 0 Å². The second-order valence-corrected chi connectivity index (χ2v) is 7.93. The number of rotatable bonds is 4. The van der Waals surface area contributed by atoms with Crippen molar-refractivity contribution in [3.63, 3.8) is 0 Å². The van der Waals surface area contributed by atoms with E-state index in [2.05, 4.69) is 21.2 Å². The van der Waals surface area contributed by atoms with Crippen LogP contribution in [0.4, 0.5) is 14.9 Å². The van der Waals surface area contributed by atoms with Gasteiger partial charge in [-0.3, -0.25) is 4.79 Å². The van der Waals surface area contributed by atoms with Crippen molar-refractivity contribution >= 4 is 33.6 Å². The summed E-state index contributed by atoms with van der Waals surface area (Å²) in [6.45, 7) is 5.63. The van der Waals surface area contributed by atoms with E-state index in [4.69, 9.17) is 4.74 Å². The molecule has 0 unspecified atom stereocenters. The first kappa shape index (κ1) is 20.9. The Labute approximate surface area is 166 Å². The molecule has 0 spiro atoms. The molecule has 0 fully saturated rings. The minimum absolute atomic E-state index is 0.185. The van der Waals surface area contributed by atoms with Gasteiger partial charge >= 0.3 is 6.09 Å². The molecule has 0 saturated carbocycles. The van der Waals surface area contributed by atoms with Crippen LogP contribution < -0.4 is 5.32 Å². The van der Waals surface area contributed by atoms with E-state index < -0.39 is 23.4 Å². The summed E-state index contributed by atoms with van der Waals surface area (Å²) in [4.78, 5) is 26.1. The van der Waals surface area contributed by atoms with E-state index in [0.29, 0.717) is 10.2 Å². The average Bonchev–Trinajstić information content (AvgIpc) is 2.57. The van der Waals surface area contributed by atoms with Gasteiger partial charge in [0.15, 0.2) is 0 Å². The van der Waals surface area contributed by atoms with Crippen LogP contribution in [0.2, 0.25) is 0 Å². The van der Waals surface area contributed by atoms with Crippen molar-refractivity contribution in [3.8, 4) is 0 Å². The number of carbonyl (C=O) groups excluding carboxylic acids is 2. The number of ether oxygens (including phenoxy) is 1. The van der Waals surface area contributed by atoms with Crippen LogP contribution in [0.5, 0.6) is 0 Å². The van der Waals surface area contributed by atoms with E-state index >= 15 is 0 Å². The van der Waals surface area contributed by atoms with Gasteiger partial charge in [-0.25, -0.2) is 9.18 Å². The first-order valence-electron chi connectivity index (χ1n) is 8.35. The molecule has 0 aliphatic rings. The number of para-hydroxylation sites is 1. The molecule has 27 heavy (non-hydrogen) atoms. The van der Waals surface area contributed by atoms with Gasteiger partial charge in [0.25, 0.3) is 5.91 Å². The third-order valence-corrected chi connectivity index (χ3v) is 4.24. The van der Waals surface area contributed by atoms with Gasteiger partial charge < -0.3 is 15.0 Å². The molecule has 2 aromatic rings. The maximum atomic E-state index is 13.5. The van der Waals surface area contributed by atoms with E-state index in [1.54, 1.807) is 46.0 Å². The number of nitrogens with zero attached hydrogens (tertiary/aromatic N) is 1. The number of hydrogen-bond acceptors (Lipinski definition) is 3. The van der Waals surface area contributed by atoms with Crippen molar-refractivity contribution in [3.05, 3.63) is 63.9 Å². The molecule has 2 aromatic carbocycles. The Morgan fingerprint density at radius 2 is 1.85 bits per heavy atom. The van der Waals surface area contributed by atoms with Crippen LogP contribution in [0.3, 0.4) is 0 Å². The summed E-state index contributed by atoms with van der Waals surface area (Å²) in [5.41, 5.74) is 0.856. The normalized spacial score (nSPS) is 11.0. The molecule has 0 bridgehead atoms. The Hall–Kier alpha value is -2.41. The van der Waals surface area contributed by atoms with Crippen LogP contribution in [0, 0.1) is 5.82 Å². The number of nitrogens with one attached hydrogen (secondary N) is 1. The molecule has 5 nitrogen and oxygen atoms in total. The number of halogens is 2. The van der Waals surface area contributed by atoms with Gasteiger partial charge in [0.2, 0.25) is 0 Å². The SMILES string of the molecule is CN(Cc1ccccc1NC(=O)c1cc(F)ccc1Br)C(=O)OC(C)(C)C. The molecule has 0 aliphatic heterocycles. The number of benzene rings is 2. The summed E-state index contributed by atoms with van der Waals surface area (Å²) in [6.07, 6.45) is -0.462. The van der Waals surface area contributed by atoms with Crippen molar-refractivity contribution in [2.45, 2.75) is 32.9 Å². The highest BCUT2D eigenvalue weighted by atomic mass is 79.9. The minimum atomic E-state index is -0.595. The average molecular weight is 437 g/mol. The van der Waals surface area contributed by atoms with E-state index in [1.807, 2.05) is 6.07 Å². The molecule has 0 heterocycles. The molecule has 0 radical (unpaired) electrons. The molecule has 0 atom stereocenters. The van der Waals surface area contributed by atoms with Gasteiger partial charge in [-0.1, -0.05) is 18.2 Å². The van der Waals surface area contributed by atoms with Gasteiger partial charge in [-0.2, -0.15) is 0 Å². The molecule has 1 N–H and O–H groups in total. The van der Waals surface area contributed by atoms with Crippen LogP contribution in [0.15, 0.2) is 46.9 Å². The van der Waals surface area contributed by atoms with Crippen LogP contribution in [0.1, 0.15) is 36.7 Å². The molecule has 144 valence electrons. The topological polar surface area (TPSA) is 58.6 Å². The summed E-state index contributed by atoms with van der Waals surface area (Å²) < 4.78 is 19.3. The molecule has 2 amide bonds. The Morgan fingerprint density at radius 1 is 1.19 bits per heavy atom. The van der Waals surface area contributed by atoms with E-state index in [-0.39, 0.29) is 12.1 Å². The molecule has 2 rings (SSSR count). The van der Waals surface area contributed by atoms with Crippen molar-refractivity contribution in [1.82, 2.24) is 4.90 Å². The van der Waals surface area contributed by atoms with E-state index in [9.17, 15) is 14.0 Å². The van der Waals surface area contributed by atoms with Crippen LogP contribution in [-0.4, -0.2) is 29.5 Å². The molecule has 0 aromatic heterocycles. The number of anilines is 1. The van der Waals surface area contributed by atoms with Gasteiger partial charge in [-0.15, -0.1) is 0 Å². The highest BCUT2D eigenvalue weighted by Crippen LogP contribution is 2.22. The summed E-state index contributed by atoms with van der Waals surface area (Å²) in [5.74, 6) is -0.949. The van der Waals surface area contributed by atoms with Crippen LogP contribution in [0.25, 0.3) is 0 Å². The first-order valence-corrected chi connectivity index (χ1v) is 9.14. The zero-order chi connectivity index (χ0) is 20.2.